The average molecular weight is 858 g/mol. The molecule has 0 rings (SSSR count). The Hall–Kier alpha value is -1.49. The third kappa shape index (κ3) is 43.2. The predicted molar refractivity (Wildman–Crippen MR) is 269 cm³/mol. The van der Waals surface area contributed by atoms with Gasteiger partial charge in [0.25, 0.3) is 0 Å². The van der Waals surface area contributed by atoms with E-state index in [9.17, 15) is 9.59 Å². The molecular weight excluding hydrogens is 755 g/mol. The molecule has 1 unspecified atom stereocenters. The van der Waals surface area contributed by atoms with Crippen LogP contribution in [0, 0.1) is 0 Å². The van der Waals surface area contributed by atoms with Crippen LogP contribution < -0.4 is 0 Å². The first-order valence-corrected chi connectivity index (χ1v) is 27.2. The van der Waals surface area contributed by atoms with Crippen LogP contribution in [-0.2, 0) is 14.3 Å². The van der Waals surface area contributed by atoms with Gasteiger partial charge in [0.2, 0.25) is 11.8 Å². The van der Waals surface area contributed by atoms with E-state index in [2.05, 4.69) is 45.1 Å². The van der Waals surface area contributed by atoms with Crippen molar-refractivity contribution >= 4 is 29.1 Å². The number of hydrogen-bond donors (Lipinski definition) is 0. The van der Waals surface area contributed by atoms with Crippen LogP contribution in [0.25, 0.3) is 0 Å². The van der Waals surface area contributed by atoms with Crippen molar-refractivity contribution in [1.29, 1.82) is 0 Å². The minimum atomic E-state index is -0.282. The van der Waals surface area contributed by atoms with E-state index >= 15 is 0 Å². The van der Waals surface area contributed by atoms with Gasteiger partial charge in [0, 0.05) is 19.3 Å². The molecule has 0 aromatic carbocycles. The smallest absolute Gasteiger partial charge is 0.229 e. The van der Waals surface area contributed by atoms with E-state index in [0.717, 1.165) is 64.2 Å². The minimum absolute atomic E-state index is 0.0387. The van der Waals surface area contributed by atoms with E-state index < -0.39 is 0 Å². The topological polar surface area (TPSA) is 46.6 Å². The van der Waals surface area contributed by atoms with Crippen molar-refractivity contribution in [1.82, 2.24) is 4.90 Å². The van der Waals surface area contributed by atoms with E-state index in [1.54, 1.807) is 0 Å². The molecule has 352 valence electrons. The Labute approximate surface area is 381 Å². The summed E-state index contributed by atoms with van der Waals surface area (Å²) in [5.41, 5.74) is 0. The number of hydrogen-bond acceptors (Lipinski definition) is 4. The number of ether oxygens (including phenoxy) is 1. The number of amides is 2. The zero-order chi connectivity index (χ0) is 43.8. The molecule has 0 aliphatic rings. The van der Waals surface area contributed by atoms with Gasteiger partial charge in [0.05, 0.1) is 6.54 Å². The summed E-state index contributed by atoms with van der Waals surface area (Å²) in [7, 11) is 0. The van der Waals surface area contributed by atoms with Crippen LogP contribution in [-0.4, -0.2) is 34.4 Å². The number of allylic oxidation sites excluding steroid dienone is 4. The third-order valence-electron chi connectivity index (χ3n) is 12.2. The molecule has 0 aromatic rings. The maximum absolute atomic E-state index is 13.5. The molecule has 0 aromatic heterocycles. The molecule has 0 aliphatic heterocycles. The number of thiocarbonyl (C=S) groups is 1. The molecule has 0 saturated carbocycles. The fourth-order valence-electron chi connectivity index (χ4n) is 8.17. The fraction of sp³-hybridized carbons (Fsp3) is 0.873. The first kappa shape index (κ1) is 58.5. The SMILES string of the molecule is CCCCCCCC/C=C\CCCCCCCC(=O)N(CC(C)OC(=S)CCCCCCCCCCCCCCC)C(=O)CCCCCCC/C=C\CCCCCCCC. The molecule has 60 heavy (non-hydrogen) atoms. The molecule has 5 heteroatoms. The van der Waals surface area contributed by atoms with Crippen LogP contribution in [0.3, 0.4) is 0 Å². The number of rotatable bonds is 47. The van der Waals surface area contributed by atoms with E-state index in [4.69, 9.17) is 17.0 Å². The molecule has 1 atom stereocenters. The quantitative estimate of drug-likeness (QED) is 0.0347. The molecule has 0 heterocycles. The van der Waals surface area contributed by atoms with Crippen LogP contribution in [0.1, 0.15) is 297 Å². The highest BCUT2D eigenvalue weighted by Crippen LogP contribution is 2.17. The van der Waals surface area contributed by atoms with Crippen molar-refractivity contribution in [3.63, 3.8) is 0 Å². The lowest BCUT2D eigenvalue weighted by molar-refractivity contribution is -0.146. The highest BCUT2D eigenvalue weighted by Gasteiger charge is 2.24. The van der Waals surface area contributed by atoms with E-state index in [1.807, 2.05) is 6.92 Å². The summed E-state index contributed by atoms with van der Waals surface area (Å²) < 4.78 is 6.12. The molecule has 0 radical (unpaired) electrons. The van der Waals surface area contributed by atoms with Gasteiger partial charge in [-0.25, -0.2) is 0 Å². The molecule has 0 spiro atoms. The van der Waals surface area contributed by atoms with Gasteiger partial charge < -0.3 is 4.74 Å². The Balaban J connectivity index is 4.52. The summed E-state index contributed by atoms with van der Waals surface area (Å²) in [6, 6.07) is 0. The monoisotopic (exact) mass is 858 g/mol. The average Bonchev–Trinajstić information content (AvgIpc) is 3.24. The highest BCUT2D eigenvalue weighted by atomic mass is 32.1. The standard InChI is InChI=1S/C55H103NO3S/c1-5-8-11-14-17-20-23-26-28-31-33-36-39-42-45-48-53(57)56(54(58)49-46-43-40-37-34-32-29-27-24-21-18-15-12-9-6-2)51-52(4)59-55(60)50-47-44-41-38-35-30-25-22-19-16-13-10-7-3/h26-29,52H,5-25,30-51H2,1-4H3/b28-26-,29-27-. The summed E-state index contributed by atoms with van der Waals surface area (Å²) >= 11 is 5.63. The Morgan fingerprint density at radius 3 is 0.950 bits per heavy atom. The second-order valence-electron chi connectivity index (χ2n) is 18.4. The Bertz CT molecular complexity index is 940. The fourth-order valence-corrected chi connectivity index (χ4v) is 8.48. The zero-order valence-electron chi connectivity index (χ0n) is 40.9. The molecule has 2 amide bonds. The number of carbonyl (C=O) groups excluding carboxylic acids is 2. The van der Waals surface area contributed by atoms with Gasteiger partial charge in [0.1, 0.15) is 6.10 Å². The third-order valence-corrected chi connectivity index (χ3v) is 12.5. The van der Waals surface area contributed by atoms with Crippen LogP contribution in [0.15, 0.2) is 24.3 Å². The lowest BCUT2D eigenvalue weighted by Gasteiger charge is -2.25. The summed E-state index contributed by atoms with van der Waals surface area (Å²) in [5.74, 6) is -0.0773. The van der Waals surface area contributed by atoms with Crippen molar-refractivity contribution < 1.29 is 14.3 Å². The molecule has 0 saturated heterocycles. The first-order chi connectivity index (χ1) is 29.5. The zero-order valence-corrected chi connectivity index (χ0v) is 41.7. The van der Waals surface area contributed by atoms with E-state index in [0.29, 0.717) is 24.4 Å². The first-order valence-electron chi connectivity index (χ1n) is 26.8. The summed E-state index contributed by atoms with van der Waals surface area (Å²) in [5, 5.41) is 0.625. The Morgan fingerprint density at radius 1 is 0.400 bits per heavy atom. The van der Waals surface area contributed by atoms with Crippen molar-refractivity contribution in [2.45, 2.75) is 303 Å². The summed E-state index contributed by atoms with van der Waals surface area (Å²) in [4.78, 5) is 28.5. The molecule has 0 N–H and O–H groups in total. The largest absolute Gasteiger partial charge is 0.482 e. The highest BCUT2D eigenvalue weighted by molar-refractivity contribution is 7.80. The van der Waals surface area contributed by atoms with Crippen molar-refractivity contribution in [3.8, 4) is 0 Å². The normalized spacial score (nSPS) is 12.2. The predicted octanol–water partition coefficient (Wildman–Crippen LogP) is 18.6. The maximum Gasteiger partial charge on any atom is 0.229 e. The maximum atomic E-state index is 13.5. The summed E-state index contributed by atoms with van der Waals surface area (Å²) in [6.07, 6.45) is 60.1. The van der Waals surface area contributed by atoms with Crippen molar-refractivity contribution in [2.75, 3.05) is 6.54 Å². The molecule has 0 bridgehead atoms. The molecule has 0 fully saturated rings. The van der Waals surface area contributed by atoms with Crippen LogP contribution in [0.5, 0.6) is 0 Å². The number of nitrogens with zero attached hydrogens (tertiary/aromatic N) is 1. The van der Waals surface area contributed by atoms with E-state index in [1.165, 1.54) is 198 Å². The minimum Gasteiger partial charge on any atom is -0.482 e. The Kier molecular flexibility index (Phi) is 47.3. The second kappa shape index (κ2) is 48.5. The van der Waals surface area contributed by atoms with Gasteiger partial charge in [-0.05, 0) is 89.8 Å². The molecular formula is C55H103NO3S. The second-order valence-corrected chi connectivity index (χ2v) is 18.8. The molecule has 4 nitrogen and oxygen atoms in total. The van der Waals surface area contributed by atoms with Gasteiger partial charge in [-0.15, -0.1) is 0 Å². The van der Waals surface area contributed by atoms with Crippen LogP contribution in [0.4, 0.5) is 0 Å². The van der Waals surface area contributed by atoms with Gasteiger partial charge in [-0.2, -0.15) is 0 Å². The lowest BCUT2D eigenvalue weighted by Crippen LogP contribution is -2.42. The molecule has 0 aliphatic carbocycles. The van der Waals surface area contributed by atoms with E-state index in [-0.39, 0.29) is 17.9 Å². The van der Waals surface area contributed by atoms with Gasteiger partial charge in [-0.3, -0.25) is 14.5 Å². The Morgan fingerprint density at radius 2 is 0.650 bits per heavy atom. The van der Waals surface area contributed by atoms with Crippen molar-refractivity contribution in [3.05, 3.63) is 24.3 Å². The van der Waals surface area contributed by atoms with Gasteiger partial charge >= 0.3 is 0 Å². The van der Waals surface area contributed by atoms with Crippen molar-refractivity contribution in [2.24, 2.45) is 0 Å². The summed E-state index contributed by atoms with van der Waals surface area (Å²) in [6.45, 7) is 9.10. The van der Waals surface area contributed by atoms with Crippen LogP contribution >= 0.6 is 12.2 Å². The van der Waals surface area contributed by atoms with Gasteiger partial charge in [0.15, 0.2) is 5.05 Å². The number of carbonyl (C=O) groups is 2. The van der Waals surface area contributed by atoms with Gasteiger partial charge in [-0.1, -0.05) is 225 Å². The van der Waals surface area contributed by atoms with Crippen LogP contribution in [0.2, 0.25) is 0 Å². The lowest BCUT2D eigenvalue weighted by atomic mass is 10.0. The number of imide groups is 1. The number of unbranched alkanes of at least 4 members (excludes halogenated alkanes) is 34.